The van der Waals surface area contributed by atoms with Crippen molar-refractivity contribution in [1.82, 2.24) is 0 Å². The Morgan fingerprint density at radius 1 is 1.10 bits per heavy atom. The standard InChI is InChI=1S/C6H7BCl2N/c8-7(9,10)6-4-2-1-3-5-6/h1-5H,10H2/q-1. The lowest BCUT2D eigenvalue weighted by molar-refractivity contribution is 1.73. The first kappa shape index (κ1) is 7.93. The van der Waals surface area contributed by atoms with Crippen molar-refractivity contribution in [3.05, 3.63) is 30.3 Å². The van der Waals surface area contributed by atoms with Crippen LogP contribution in [0, 0.1) is 0 Å². The van der Waals surface area contributed by atoms with E-state index in [9.17, 15) is 0 Å². The molecule has 0 saturated carbocycles. The third-order valence-corrected chi connectivity index (χ3v) is 1.75. The van der Waals surface area contributed by atoms with Crippen molar-refractivity contribution in [3.63, 3.8) is 0 Å². The minimum Gasteiger partial charge on any atom is -0.473 e. The molecule has 0 radical (unpaired) electrons. The normalized spacial score (nSPS) is 11.5. The molecule has 0 amide bonds. The fourth-order valence-electron chi connectivity index (χ4n) is 0.710. The smallest absolute Gasteiger partial charge is 0.252 e. The molecule has 0 heterocycles. The van der Waals surface area contributed by atoms with Crippen LogP contribution in [-0.4, -0.2) is 5.11 Å². The van der Waals surface area contributed by atoms with Crippen LogP contribution in [-0.2, 0) is 0 Å². The zero-order valence-electron chi connectivity index (χ0n) is 5.30. The fourth-order valence-corrected chi connectivity index (χ4v) is 1.00. The van der Waals surface area contributed by atoms with Gasteiger partial charge >= 0.3 is 0 Å². The van der Waals surface area contributed by atoms with Gasteiger partial charge in [-0.15, -0.1) is 0 Å². The van der Waals surface area contributed by atoms with E-state index in [1.54, 1.807) is 12.1 Å². The van der Waals surface area contributed by atoms with E-state index >= 15 is 0 Å². The molecule has 1 aromatic carbocycles. The summed E-state index contributed by atoms with van der Waals surface area (Å²) in [4.78, 5) is 0. The molecule has 0 aromatic heterocycles. The number of hydrogen-bond acceptors (Lipinski definition) is 1. The second-order valence-electron chi connectivity index (χ2n) is 2.13. The summed E-state index contributed by atoms with van der Waals surface area (Å²) in [6.07, 6.45) is 0. The molecular weight excluding hydrogens is 168 g/mol. The van der Waals surface area contributed by atoms with E-state index in [4.69, 9.17) is 28.6 Å². The first-order valence-electron chi connectivity index (χ1n) is 2.97. The van der Waals surface area contributed by atoms with E-state index in [0.717, 1.165) is 5.46 Å². The molecule has 1 rings (SSSR count). The number of rotatable bonds is 1. The van der Waals surface area contributed by atoms with Gasteiger partial charge in [0.15, 0.2) is 0 Å². The summed E-state index contributed by atoms with van der Waals surface area (Å²) in [6, 6.07) is 9.20. The largest absolute Gasteiger partial charge is 0.473 e. The zero-order chi connectivity index (χ0) is 7.61. The minimum atomic E-state index is -1.86. The molecule has 4 heteroatoms. The Labute approximate surface area is 69.9 Å². The van der Waals surface area contributed by atoms with Gasteiger partial charge < -0.3 is 28.6 Å². The Bertz CT molecular complexity index is 207. The molecule has 0 aliphatic rings. The summed E-state index contributed by atoms with van der Waals surface area (Å²) in [5, 5.41) is -1.86. The number of hydrogen-bond donors (Lipinski definition) is 1. The van der Waals surface area contributed by atoms with Gasteiger partial charge in [-0.2, -0.15) is 5.46 Å². The van der Waals surface area contributed by atoms with Crippen LogP contribution < -0.4 is 11.1 Å². The van der Waals surface area contributed by atoms with Crippen LogP contribution in [0.3, 0.4) is 0 Å². The van der Waals surface area contributed by atoms with Gasteiger partial charge in [-0.25, -0.2) is 0 Å². The summed E-state index contributed by atoms with van der Waals surface area (Å²) >= 11 is 11.3. The third kappa shape index (κ3) is 1.91. The average Bonchev–Trinajstić information content (AvgIpc) is 1.88. The van der Waals surface area contributed by atoms with Gasteiger partial charge in [-0.1, -0.05) is 30.3 Å². The van der Waals surface area contributed by atoms with Crippen LogP contribution in [0.15, 0.2) is 30.3 Å². The maximum atomic E-state index is 5.66. The molecule has 1 aromatic rings. The number of benzene rings is 1. The summed E-state index contributed by atoms with van der Waals surface area (Å²) in [6.45, 7) is 0. The molecule has 0 spiro atoms. The Balaban J connectivity index is 2.97. The van der Waals surface area contributed by atoms with Crippen LogP contribution in [0.2, 0.25) is 0 Å². The summed E-state index contributed by atoms with van der Waals surface area (Å²) in [5.74, 6) is 0. The van der Waals surface area contributed by atoms with Crippen molar-refractivity contribution in [2.75, 3.05) is 0 Å². The highest BCUT2D eigenvalue weighted by atomic mass is 35.5. The quantitative estimate of drug-likeness (QED) is 0.638. The lowest BCUT2D eigenvalue weighted by Crippen LogP contribution is -2.46. The van der Waals surface area contributed by atoms with Crippen LogP contribution in [0.25, 0.3) is 0 Å². The maximum absolute atomic E-state index is 5.66. The Hall–Kier alpha value is -0.175. The van der Waals surface area contributed by atoms with Gasteiger partial charge in [-0.05, 0) is 0 Å². The van der Waals surface area contributed by atoms with E-state index in [0.29, 0.717) is 0 Å². The molecule has 10 heavy (non-hydrogen) atoms. The first-order chi connectivity index (χ1) is 4.61. The van der Waals surface area contributed by atoms with Crippen molar-refractivity contribution < 1.29 is 0 Å². The van der Waals surface area contributed by atoms with Crippen molar-refractivity contribution in [2.24, 2.45) is 5.64 Å². The van der Waals surface area contributed by atoms with Crippen molar-refractivity contribution in [2.45, 2.75) is 0 Å². The topological polar surface area (TPSA) is 26.0 Å². The van der Waals surface area contributed by atoms with Gasteiger partial charge in [0, 0.05) is 0 Å². The first-order valence-corrected chi connectivity index (χ1v) is 3.84. The predicted molar refractivity (Wildman–Crippen MR) is 47.7 cm³/mol. The minimum absolute atomic E-state index is 0.769. The average molecular weight is 175 g/mol. The lowest BCUT2D eigenvalue weighted by Gasteiger charge is -2.20. The molecule has 1 nitrogen and oxygen atoms in total. The van der Waals surface area contributed by atoms with Gasteiger partial charge in [0.1, 0.15) is 0 Å². The van der Waals surface area contributed by atoms with E-state index in [1.807, 2.05) is 18.2 Å². The van der Waals surface area contributed by atoms with Gasteiger partial charge in [-0.3, -0.25) is 0 Å². The molecule has 0 fully saturated rings. The lowest BCUT2D eigenvalue weighted by atomic mass is 9.81. The predicted octanol–water partition coefficient (Wildman–Crippen LogP) is 1.27. The monoisotopic (exact) mass is 174 g/mol. The van der Waals surface area contributed by atoms with Crippen molar-refractivity contribution in [1.29, 1.82) is 0 Å². The number of nitrogens with two attached hydrogens (primary N) is 1. The zero-order valence-corrected chi connectivity index (χ0v) is 6.81. The van der Waals surface area contributed by atoms with E-state index in [2.05, 4.69) is 0 Å². The molecule has 0 aliphatic carbocycles. The Morgan fingerprint density at radius 3 is 1.90 bits per heavy atom. The second-order valence-corrected chi connectivity index (χ2v) is 3.73. The van der Waals surface area contributed by atoms with Gasteiger partial charge in [0.25, 0.3) is 5.11 Å². The molecule has 0 unspecified atom stereocenters. The van der Waals surface area contributed by atoms with E-state index in [-0.39, 0.29) is 0 Å². The molecule has 0 atom stereocenters. The van der Waals surface area contributed by atoms with E-state index in [1.165, 1.54) is 0 Å². The SMILES string of the molecule is N[B-](Cl)(Cl)c1ccccc1. The van der Waals surface area contributed by atoms with Crippen molar-refractivity contribution >= 4 is 33.5 Å². The Kier molecular flexibility index (Phi) is 2.24. The van der Waals surface area contributed by atoms with Crippen LogP contribution >= 0.6 is 22.9 Å². The second kappa shape index (κ2) is 2.83. The highest BCUT2D eigenvalue weighted by Crippen LogP contribution is 2.05. The van der Waals surface area contributed by atoms with Gasteiger partial charge in [0.05, 0.1) is 0 Å². The third-order valence-electron chi connectivity index (χ3n) is 1.24. The summed E-state index contributed by atoms with van der Waals surface area (Å²) in [5.41, 5.74) is 6.22. The van der Waals surface area contributed by atoms with E-state index < -0.39 is 5.11 Å². The molecule has 0 bridgehead atoms. The molecule has 2 N–H and O–H groups in total. The summed E-state index contributed by atoms with van der Waals surface area (Å²) < 4.78 is 0. The highest BCUT2D eigenvalue weighted by Gasteiger charge is 2.11. The van der Waals surface area contributed by atoms with Crippen LogP contribution in [0.4, 0.5) is 0 Å². The molecule has 0 aliphatic heterocycles. The molecular formula is C6H7BCl2N-. The maximum Gasteiger partial charge on any atom is 0.252 e. The molecule has 0 saturated heterocycles. The van der Waals surface area contributed by atoms with Gasteiger partial charge in [0.2, 0.25) is 0 Å². The highest BCUT2D eigenvalue weighted by molar-refractivity contribution is 7.49. The number of halogens is 2. The van der Waals surface area contributed by atoms with Crippen LogP contribution in [0.5, 0.6) is 0 Å². The fraction of sp³-hybridized carbons (Fsp3) is 0. The Morgan fingerprint density at radius 2 is 1.60 bits per heavy atom. The molecule has 54 valence electrons. The van der Waals surface area contributed by atoms with Crippen LogP contribution in [0.1, 0.15) is 0 Å². The van der Waals surface area contributed by atoms with Crippen molar-refractivity contribution in [3.8, 4) is 0 Å². The summed E-state index contributed by atoms with van der Waals surface area (Å²) in [7, 11) is 0.